The van der Waals surface area contributed by atoms with E-state index in [4.69, 9.17) is 0 Å². The van der Waals surface area contributed by atoms with Crippen molar-refractivity contribution in [3.8, 4) is 0 Å². The smallest absolute Gasteiger partial charge is 0.254 e. The molecule has 0 bridgehead atoms. The molecule has 3 rings (SSSR count). The molecule has 6 nitrogen and oxygen atoms in total. The fourth-order valence-corrected chi connectivity index (χ4v) is 3.98. The number of carbonyl (C=O) groups excluding carboxylic acids is 1. The quantitative estimate of drug-likeness (QED) is 0.872. The molecule has 0 unspecified atom stereocenters. The lowest BCUT2D eigenvalue weighted by Gasteiger charge is -2.37. The largest absolute Gasteiger partial charge is 0.350 e. The van der Waals surface area contributed by atoms with Crippen LogP contribution in [-0.2, 0) is 5.54 Å². The third-order valence-corrected chi connectivity index (χ3v) is 5.81. The first-order chi connectivity index (χ1) is 12.3. The molecule has 26 heavy (non-hydrogen) atoms. The maximum absolute atomic E-state index is 12.6. The van der Waals surface area contributed by atoms with E-state index < -0.39 is 0 Å². The summed E-state index contributed by atoms with van der Waals surface area (Å²) in [5, 5.41) is 9.55. The Kier molecular flexibility index (Phi) is 5.79. The standard InChI is InChI=1S/C19H29N5OS/c1-19(2,3)24-14-15(12-21-24)18(25)20-13-16(17-6-5-11-26-17)23-9-7-22(4)8-10-23/h5-6,11-12,14,16H,7-10,13H2,1-4H3,(H,20,25)/t16-/m0/s1. The Morgan fingerprint density at radius 1 is 1.31 bits per heavy atom. The molecule has 1 aliphatic rings. The number of hydrogen-bond donors (Lipinski definition) is 1. The van der Waals surface area contributed by atoms with Crippen LogP contribution >= 0.6 is 11.3 Å². The second-order valence-electron chi connectivity index (χ2n) is 7.92. The molecule has 0 spiro atoms. The van der Waals surface area contributed by atoms with Gasteiger partial charge in [0, 0.05) is 43.8 Å². The summed E-state index contributed by atoms with van der Waals surface area (Å²) in [6.07, 6.45) is 3.47. The molecule has 1 aliphatic heterocycles. The summed E-state index contributed by atoms with van der Waals surface area (Å²) in [5.74, 6) is -0.0591. The van der Waals surface area contributed by atoms with Gasteiger partial charge in [0.05, 0.1) is 23.3 Å². The van der Waals surface area contributed by atoms with E-state index in [-0.39, 0.29) is 17.5 Å². The average molecular weight is 376 g/mol. The molecule has 1 atom stereocenters. The van der Waals surface area contributed by atoms with Crippen molar-refractivity contribution in [1.82, 2.24) is 24.9 Å². The summed E-state index contributed by atoms with van der Waals surface area (Å²) in [6.45, 7) is 11.0. The highest BCUT2D eigenvalue weighted by Crippen LogP contribution is 2.25. The third kappa shape index (κ3) is 4.52. The molecule has 142 valence electrons. The Morgan fingerprint density at radius 2 is 2.04 bits per heavy atom. The number of nitrogens with zero attached hydrogens (tertiary/aromatic N) is 4. The molecular formula is C19H29N5OS. The van der Waals surface area contributed by atoms with Crippen molar-refractivity contribution in [3.63, 3.8) is 0 Å². The zero-order chi connectivity index (χ0) is 18.7. The van der Waals surface area contributed by atoms with Gasteiger partial charge in [-0.1, -0.05) is 6.07 Å². The zero-order valence-corrected chi connectivity index (χ0v) is 16.9. The van der Waals surface area contributed by atoms with Crippen LogP contribution in [0.3, 0.4) is 0 Å². The van der Waals surface area contributed by atoms with Gasteiger partial charge in [0.25, 0.3) is 5.91 Å². The van der Waals surface area contributed by atoms with Crippen LogP contribution in [0.2, 0.25) is 0 Å². The minimum absolute atomic E-state index is 0.0591. The maximum atomic E-state index is 12.6. The number of aromatic nitrogens is 2. The minimum atomic E-state index is -0.127. The predicted octanol–water partition coefficient (Wildman–Crippen LogP) is 2.42. The monoisotopic (exact) mass is 375 g/mol. The first kappa shape index (κ1) is 19.1. The summed E-state index contributed by atoms with van der Waals surface area (Å²) < 4.78 is 1.83. The van der Waals surface area contributed by atoms with Crippen molar-refractivity contribution in [2.75, 3.05) is 39.8 Å². The third-order valence-electron chi connectivity index (χ3n) is 4.84. The molecule has 1 amide bonds. The van der Waals surface area contributed by atoms with Gasteiger partial charge in [0.2, 0.25) is 0 Å². The van der Waals surface area contributed by atoms with E-state index in [2.05, 4.69) is 65.5 Å². The fourth-order valence-electron chi connectivity index (χ4n) is 3.12. The maximum Gasteiger partial charge on any atom is 0.254 e. The van der Waals surface area contributed by atoms with Crippen LogP contribution < -0.4 is 5.32 Å². The highest BCUT2D eigenvalue weighted by molar-refractivity contribution is 7.10. The lowest BCUT2D eigenvalue weighted by molar-refractivity contribution is 0.0890. The van der Waals surface area contributed by atoms with Gasteiger partial charge >= 0.3 is 0 Å². The van der Waals surface area contributed by atoms with E-state index in [1.165, 1.54) is 4.88 Å². The predicted molar refractivity (Wildman–Crippen MR) is 106 cm³/mol. The van der Waals surface area contributed by atoms with E-state index in [0.717, 1.165) is 26.2 Å². The van der Waals surface area contributed by atoms with Gasteiger partial charge in [0.1, 0.15) is 0 Å². The van der Waals surface area contributed by atoms with E-state index in [0.29, 0.717) is 12.1 Å². The molecule has 3 heterocycles. The lowest BCUT2D eigenvalue weighted by Crippen LogP contribution is -2.48. The minimum Gasteiger partial charge on any atom is -0.350 e. The molecule has 1 saturated heterocycles. The second-order valence-corrected chi connectivity index (χ2v) is 8.90. The number of piperazine rings is 1. The Labute approximate surface area is 159 Å². The van der Waals surface area contributed by atoms with Gasteiger partial charge in [-0.3, -0.25) is 14.4 Å². The number of nitrogens with one attached hydrogen (secondary N) is 1. The molecule has 0 aromatic carbocycles. The molecule has 0 aliphatic carbocycles. The van der Waals surface area contributed by atoms with Gasteiger partial charge in [-0.05, 0) is 39.3 Å². The average Bonchev–Trinajstić information content (AvgIpc) is 3.28. The first-order valence-electron chi connectivity index (χ1n) is 9.14. The summed E-state index contributed by atoms with van der Waals surface area (Å²) >= 11 is 1.76. The Balaban J connectivity index is 1.66. The summed E-state index contributed by atoms with van der Waals surface area (Å²) in [7, 11) is 2.16. The van der Waals surface area contributed by atoms with Crippen molar-refractivity contribution in [2.24, 2.45) is 0 Å². The molecule has 7 heteroatoms. The van der Waals surface area contributed by atoms with E-state index in [9.17, 15) is 4.79 Å². The number of thiophene rings is 1. The van der Waals surface area contributed by atoms with Crippen molar-refractivity contribution >= 4 is 17.2 Å². The number of rotatable bonds is 5. The van der Waals surface area contributed by atoms with Crippen LogP contribution in [-0.4, -0.2) is 65.3 Å². The number of carbonyl (C=O) groups is 1. The molecular weight excluding hydrogens is 346 g/mol. The van der Waals surface area contributed by atoms with E-state index in [1.807, 2.05) is 10.9 Å². The molecule has 1 fully saturated rings. The summed E-state index contributed by atoms with van der Waals surface area (Å²) in [4.78, 5) is 18.7. The van der Waals surface area contributed by atoms with Crippen LogP contribution in [0.5, 0.6) is 0 Å². The molecule has 0 radical (unpaired) electrons. The zero-order valence-electron chi connectivity index (χ0n) is 16.1. The van der Waals surface area contributed by atoms with Crippen LogP contribution in [0.1, 0.15) is 42.0 Å². The Bertz CT molecular complexity index is 711. The van der Waals surface area contributed by atoms with Crippen LogP contribution in [0, 0.1) is 0 Å². The van der Waals surface area contributed by atoms with Crippen molar-refractivity contribution < 1.29 is 4.79 Å². The van der Waals surface area contributed by atoms with Crippen LogP contribution in [0.4, 0.5) is 0 Å². The van der Waals surface area contributed by atoms with Crippen molar-refractivity contribution in [3.05, 3.63) is 40.3 Å². The Morgan fingerprint density at radius 3 is 2.62 bits per heavy atom. The van der Waals surface area contributed by atoms with Crippen LogP contribution in [0.25, 0.3) is 0 Å². The van der Waals surface area contributed by atoms with Gasteiger partial charge in [-0.25, -0.2) is 0 Å². The number of hydrogen-bond acceptors (Lipinski definition) is 5. The van der Waals surface area contributed by atoms with Gasteiger partial charge < -0.3 is 10.2 Å². The topological polar surface area (TPSA) is 53.4 Å². The first-order valence-corrected chi connectivity index (χ1v) is 10.0. The Hall–Kier alpha value is -1.70. The summed E-state index contributed by atoms with van der Waals surface area (Å²) in [5.41, 5.74) is 0.487. The molecule has 0 saturated carbocycles. The van der Waals surface area contributed by atoms with Gasteiger partial charge in [-0.2, -0.15) is 5.10 Å². The van der Waals surface area contributed by atoms with E-state index >= 15 is 0 Å². The molecule has 1 N–H and O–H groups in total. The highest BCUT2D eigenvalue weighted by Gasteiger charge is 2.25. The second kappa shape index (κ2) is 7.90. The molecule has 2 aromatic heterocycles. The van der Waals surface area contributed by atoms with Crippen LogP contribution in [0.15, 0.2) is 29.9 Å². The number of amides is 1. The SMILES string of the molecule is CN1CCN([C@@H](CNC(=O)c2cnn(C(C)(C)C)c2)c2cccs2)CC1. The summed E-state index contributed by atoms with van der Waals surface area (Å²) in [6, 6.07) is 4.47. The van der Waals surface area contributed by atoms with Crippen molar-refractivity contribution in [2.45, 2.75) is 32.4 Å². The fraction of sp³-hybridized carbons (Fsp3) is 0.579. The van der Waals surface area contributed by atoms with Gasteiger partial charge in [-0.15, -0.1) is 11.3 Å². The highest BCUT2D eigenvalue weighted by atomic mass is 32.1. The lowest BCUT2D eigenvalue weighted by atomic mass is 10.1. The normalized spacial score (nSPS) is 18.0. The molecule has 2 aromatic rings. The van der Waals surface area contributed by atoms with Crippen molar-refractivity contribution in [1.29, 1.82) is 0 Å². The van der Waals surface area contributed by atoms with E-state index in [1.54, 1.807) is 17.5 Å². The number of likely N-dealkylation sites (N-methyl/N-ethyl adjacent to an activating group) is 1. The van der Waals surface area contributed by atoms with Gasteiger partial charge in [0.15, 0.2) is 0 Å².